The van der Waals surface area contributed by atoms with Gasteiger partial charge in [0.15, 0.2) is 0 Å². The highest BCUT2D eigenvalue weighted by atomic mass is 15.4. The van der Waals surface area contributed by atoms with Crippen LogP contribution in [0, 0.1) is 0 Å². The zero-order chi connectivity index (χ0) is 8.65. The molecule has 1 aliphatic heterocycles. The molecular weight excluding hydrogens is 152 g/mol. The van der Waals surface area contributed by atoms with Gasteiger partial charge in [-0.15, -0.1) is 0 Å². The molecule has 4 heteroatoms. The fourth-order valence-corrected chi connectivity index (χ4v) is 0.960. The van der Waals surface area contributed by atoms with Crippen LogP contribution in [0.25, 0.3) is 0 Å². The van der Waals surface area contributed by atoms with Gasteiger partial charge in [0, 0.05) is 38.6 Å². The second kappa shape index (κ2) is 5.77. The number of hydrazine groups is 1. The standard InChI is InChI=1S/C4H11N3.C4H5N/c5-7-3-1-6-2-4-7;1-2-4-5-3-1/h6H,1-5H2;1-5H. The van der Waals surface area contributed by atoms with Crippen LogP contribution >= 0.6 is 0 Å². The highest BCUT2D eigenvalue weighted by Crippen LogP contribution is 1.79. The minimum atomic E-state index is 0.986. The molecule has 0 unspecified atom stereocenters. The molecule has 1 saturated heterocycles. The van der Waals surface area contributed by atoms with E-state index in [0.29, 0.717) is 0 Å². The molecule has 0 spiro atoms. The maximum atomic E-state index is 5.43. The van der Waals surface area contributed by atoms with Crippen molar-refractivity contribution in [3.05, 3.63) is 24.5 Å². The van der Waals surface area contributed by atoms with Gasteiger partial charge in [0.2, 0.25) is 0 Å². The highest BCUT2D eigenvalue weighted by Gasteiger charge is 2.01. The average Bonchev–Trinajstić information content (AvgIpc) is 2.62. The molecule has 0 atom stereocenters. The van der Waals surface area contributed by atoms with E-state index >= 15 is 0 Å². The summed E-state index contributed by atoms with van der Waals surface area (Å²) in [6, 6.07) is 3.89. The lowest BCUT2D eigenvalue weighted by atomic mass is 10.4. The summed E-state index contributed by atoms with van der Waals surface area (Å²) < 4.78 is 0. The van der Waals surface area contributed by atoms with Crippen molar-refractivity contribution in [3.8, 4) is 0 Å². The summed E-state index contributed by atoms with van der Waals surface area (Å²) in [4.78, 5) is 2.86. The molecule has 2 rings (SSSR count). The summed E-state index contributed by atoms with van der Waals surface area (Å²) in [5.74, 6) is 5.43. The van der Waals surface area contributed by atoms with Crippen molar-refractivity contribution >= 4 is 0 Å². The third-order valence-electron chi connectivity index (χ3n) is 1.65. The van der Waals surface area contributed by atoms with E-state index in [1.807, 2.05) is 29.5 Å². The Morgan fingerprint density at radius 3 is 1.92 bits per heavy atom. The Balaban J connectivity index is 0.000000127. The smallest absolute Gasteiger partial charge is 0.0254 e. The van der Waals surface area contributed by atoms with Crippen molar-refractivity contribution < 1.29 is 0 Å². The molecule has 1 fully saturated rings. The third kappa shape index (κ3) is 4.12. The fourth-order valence-electron chi connectivity index (χ4n) is 0.960. The predicted octanol–water partition coefficient (Wildman–Crippen LogP) is -0.220. The topological polar surface area (TPSA) is 57.1 Å². The number of aromatic nitrogens is 1. The number of nitrogens with one attached hydrogen (secondary N) is 2. The van der Waals surface area contributed by atoms with Crippen LogP contribution in [0.3, 0.4) is 0 Å². The molecular formula is C8H16N4. The molecule has 12 heavy (non-hydrogen) atoms. The van der Waals surface area contributed by atoms with Crippen molar-refractivity contribution in [2.75, 3.05) is 26.2 Å². The summed E-state index contributed by atoms with van der Waals surface area (Å²) in [6.45, 7) is 4.05. The van der Waals surface area contributed by atoms with Gasteiger partial charge in [0.05, 0.1) is 0 Å². The van der Waals surface area contributed by atoms with E-state index in [9.17, 15) is 0 Å². The van der Waals surface area contributed by atoms with Gasteiger partial charge in [0.1, 0.15) is 0 Å². The fraction of sp³-hybridized carbons (Fsp3) is 0.500. The summed E-state index contributed by atoms with van der Waals surface area (Å²) in [6.07, 6.45) is 3.75. The van der Waals surface area contributed by atoms with Gasteiger partial charge in [0.25, 0.3) is 0 Å². The molecule has 1 aliphatic rings. The number of rotatable bonds is 0. The van der Waals surface area contributed by atoms with Crippen molar-refractivity contribution in [3.63, 3.8) is 0 Å². The normalized spacial score (nSPS) is 18.1. The molecule has 4 N–H and O–H groups in total. The van der Waals surface area contributed by atoms with E-state index in [0.717, 1.165) is 26.2 Å². The van der Waals surface area contributed by atoms with E-state index in [2.05, 4.69) is 10.3 Å². The average molecular weight is 168 g/mol. The van der Waals surface area contributed by atoms with Crippen LogP contribution in [0.2, 0.25) is 0 Å². The van der Waals surface area contributed by atoms with Crippen molar-refractivity contribution in [1.82, 2.24) is 15.3 Å². The van der Waals surface area contributed by atoms with Gasteiger partial charge in [-0.05, 0) is 12.1 Å². The quantitative estimate of drug-likeness (QED) is 0.469. The zero-order valence-electron chi connectivity index (χ0n) is 7.16. The van der Waals surface area contributed by atoms with Crippen molar-refractivity contribution in [2.45, 2.75) is 0 Å². The molecule has 0 amide bonds. The van der Waals surface area contributed by atoms with E-state index < -0.39 is 0 Å². The van der Waals surface area contributed by atoms with Crippen LogP contribution in [0.4, 0.5) is 0 Å². The van der Waals surface area contributed by atoms with Gasteiger partial charge in [-0.2, -0.15) is 0 Å². The molecule has 0 radical (unpaired) electrons. The Bertz CT molecular complexity index is 150. The second-order valence-electron chi connectivity index (χ2n) is 2.67. The highest BCUT2D eigenvalue weighted by molar-refractivity contribution is 4.84. The van der Waals surface area contributed by atoms with Gasteiger partial charge >= 0.3 is 0 Å². The molecule has 0 aromatic carbocycles. The van der Waals surface area contributed by atoms with Crippen LogP contribution in [-0.2, 0) is 0 Å². The summed E-state index contributed by atoms with van der Waals surface area (Å²) in [5, 5.41) is 5.02. The first-order valence-electron chi connectivity index (χ1n) is 4.18. The summed E-state index contributed by atoms with van der Waals surface area (Å²) in [7, 11) is 0. The molecule has 0 aliphatic carbocycles. The number of H-pyrrole nitrogens is 1. The Morgan fingerprint density at radius 1 is 1.08 bits per heavy atom. The minimum Gasteiger partial charge on any atom is -0.368 e. The number of hydrogen-bond donors (Lipinski definition) is 3. The molecule has 1 aromatic rings. The van der Waals surface area contributed by atoms with Gasteiger partial charge in [-0.1, -0.05) is 0 Å². The lowest BCUT2D eigenvalue weighted by Crippen LogP contribution is -2.47. The molecule has 4 nitrogen and oxygen atoms in total. The number of hydrogen-bond acceptors (Lipinski definition) is 3. The van der Waals surface area contributed by atoms with E-state index in [1.165, 1.54) is 0 Å². The van der Waals surface area contributed by atoms with Crippen molar-refractivity contribution in [1.29, 1.82) is 0 Å². The lowest BCUT2D eigenvalue weighted by Gasteiger charge is -2.21. The Kier molecular flexibility index (Phi) is 4.44. The maximum absolute atomic E-state index is 5.43. The largest absolute Gasteiger partial charge is 0.368 e. The summed E-state index contributed by atoms with van der Waals surface area (Å²) in [5.41, 5.74) is 0. The predicted molar refractivity (Wildman–Crippen MR) is 49.4 cm³/mol. The molecule has 0 bridgehead atoms. The summed E-state index contributed by atoms with van der Waals surface area (Å²) >= 11 is 0. The van der Waals surface area contributed by atoms with Crippen LogP contribution in [0.1, 0.15) is 0 Å². The lowest BCUT2D eigenvalue weighted by molar-refractivity contribution is 0.248. The molecule has 1 aromatic heterocycles. The third-order valence-corrected chi connectivity index (χ3v) is 1.65. The number of nitrogens with two attached hydrogens (primary N) is 1. The minimum absolute atomic E-state index is 0.986. The van der Waals surface area contributed by atoms with Crippen LogP contribution in [-0.4, -0.2) is 36.2 Å². The van der Waals surface area contributed by atoms with E-state index in [1.54, 1.807) is 0 Å². The van der Waals surface area contributed by atoms with Gasteiger partial charge < -0.3 is 10.3 Å². The van der Waals surface area contributed by atoms with E-state index in [-0.39, 0.29) is 0 Å². The molecule has 0 saturated carbocycles. The first kappa shape index (κ1) is 9.25. The Labute approximate surface area is 72.7 Å². The van der Waals surface area contributed by atoms with Crippen molar-refractivity contribution in [2.24, 2.45) is 5.84 Å². The number of aromatic amines is 1. The van der Waals surface area contributed by atoms with Gasteiger partial charge in [-0.3, -0.25) is 5.84 Å². The monoisotopic (exact) mass is 168 g/mol. The molecule has 2 heterocycles. The second-order valence-corrected chi connectivity index (χ2v) is 2.67. The van der Waals surface area contributed by atoms with E-state index in [4.69, 9.17) is 5.84 Å². The Hall–Kier alpha value is -0.840. The maximum Gasteiger partial charge on any atom is 0.0254 e. The SMILES string of the molecule is NN1CCNCC1.c1cc[nH]c1. The number of nitrogens with zero attached hydrogens (tertiary/aromatic N) is 1. The van der Waals surface area contributed by atoms with Gasteiger partial charge in [-0.25, -0.2) is 5.01 Å². The Morgan fingerprint density at radius 2 is 1.67 bits per heavy atom. The first-order valence-corrected chi connectivity index (χ1v) is 4.18. The van der Waals surface area contributed by atoms with Crippen LogP contribution in [0.15, 0.2) is 24.5 Å². The first-order chi connectivity index (χ1) is 5.89. The zero-order valence-corrected chi connectivity index (χ0v) is 7.16. The molecule has 68 valence electrons. The number of piperazine rings is 1. The van der Waals surface area contributed by atoms with Crippen LogP contribution in [0.5, 0.6) is 0 Å². The van der Waals surface area contributed by atoms with Crippen LogP contribution < -0.4 is 11.2 Å².